The first-order valence-corrected chi connectivity index (χ1v) is 10.3. The zero-order valence-electron chi connectivity index (χ0n) is 15.2. The Hall–Kier alpha value is -2.18. The van der Waals surface area contributed by atoms with Crippen molar-refractivity contribution >= 4 is 44.7 Å². The van der Waals surface area contributed by atoms with Gasteiger partial charge in [-0.15, -0.1) is 11.3 Å². The van der Waals surface area contributed by atoms with Gasteiger partial charge in [0.05, 0.1) is 11.7 Å². The van der Waals surface area contributed by atoms with Crippen molar-refractivity contribution < 1.29 is 4.79 Å². The number of carbonyl (C=O) groups excluding carboxylic acids is 1. The number of hydrogen-bond donors (Lipinski definition) is 1. The van der Waals surface area contributed by atoms with Gasteiger partial charge in [-0.2, -0.15) is 0 Å². The molecule has 2 heterocycles. The molecular weight excluding hydrogens is 382 g/mol. The molecule has 1 aliphatic rings. The number of anilines is 1. The average Bonchev–Trinajstić information content (AvgIpc) is 3.21. The minimum Gasteiger partial charge on any atom is -0.324 e. The first-order valence-electron chi connectivity index (χ1n) is 9.08. The number of halogens is 1. The highest BCUT2D eigenvalue weighted by Crippen LogP contribution is 2.34. The number of benzene rings is 1. The molecular formula is C20H20ClN3O2S. The molecule has 0 bridgehead atoms. The van der Waals surface area contributed by atoms with Crippen molar-refractivity contribution in [3.8, 4) is 0 Å². The zero-order chi connectivity index (χ0) is 19.1. The number of amides is 1. The van der Waals surface area contributed by atoms with Crippen LogP contribution in [0.3, 0.4) is 0 Å². The van der Waals surface area contributed by atoms with Crippen LogP contribution in [0.1, 0.15) is 41.8 Å². The van der Waals surface area contributed by atoms with Gasteiger partial charge in [-0.25, -0.2) is 4.98 Å². The van der Waals surface area contributed by atoms with Crippen LogP contribution in [-0.2, 0) is 17.6 Å². The normalized spacial score (nSPS) is 14.3. The molecule has 1 atom stereocenters. The second kappa shape index (κ2) is 7.09. The van der Waals surface area contributed by atoms with Crippen LogP contribution < -0.4 is 10.9 Å². The van der Waals surface area contributed by atoms with E-state index in [1.54, 1.807) is 23.5 Å². The monoisotopic (exact) mass is 401 g/mol. The molecule has 4 rings (SSSR count). The Morgan fingerprint density at radius 2 is 2.22 bits per heavy atom. The number of carbonyl (C=O) groups is 1. The number of nitrogens with one attached hydrogen (secondary N) is 1. The quantitative estimate of drug-likeness (QED) is 0.700. The molecule has 1 amide bonds. The van der Waals surface area contributed by atoms with E-state index >= 15 is 0 Å². The fourth-order valence-electron chi connectivity index (χ4n) is 3.67. The van der Waals surface area contributed by atoms with Gasteiger partial charge in [-0.1, -0.05) is 24.6 Å². The average molecular weight is 402 g/mol. The van der Waals surface area contributed by atoms with E-state index in [0.29, 0.717) is 22.5 Å². The predicted octanol–water partition coefficient (Wildman–Crippen LogP) is 4.50. The Labute approximate surface area is 166 Å². The second-order valence-electron chi connectivity index (χ2n) is 6.87. The van der Waals surface area contributed by atoms with E-state index in [0.717, 1.165) is 35.2 Å². The van der Waals surface area contributed by atoms with Gasteiger partial charge in [0.2, 0.25) is 5.91 Å². The van der Waals surface area contributed by atoms with E-state index in [-0.39, 0.29) is 11.5 Å². The smallest absolute Gasteiger partial charge is 0.263 e. The molecule has 5 nitrogen and oxygen atoms in total. The molecule has 3 aromatic rings. The number of rotatable bonds is 4. The second-order valence-corrected chi connectivity index (χ2v) is 8.39. The summed E-state index contributed by atoms with van der Waals surface area (Å²) in [5.41, 5.74) is 2.58. The molecule has 0 saturated heterocycles. The molecule has 140 valence electrons. The maximum absolute atomic E-state index is 13.2. The fraction of sp³-hybridized carbons (Fsp3) is 0.350. The lowest BCUT2D eigenvalue weighted by Crippen LogP contribution is -2.33. The third kappa shape index (κ3) is 3.17. The molecule has 27 heavy (non-hydrogen) atoms. The van der Waals surface area contributed by atoms with Crippen LogP contribution in [0, 0.1) is 6.92 Å². The van der Waals surface area contributed by atoms with Crippen LogP contribution in [0.2, 0.25) is 5.02 Å². The van der Waals surface area contributed by atoms with Crippen LogP contribution in [0.5, 0.6) is 0 Å². The van der Waals surface area contributed by atoms with Gasteiger partial charge in [-0.3, -0.25) is 14.2 Å². The summed E-state index contributed by atoms with van der Waals surface area (Å²) in [6.45, 7) is 3.80. The van der Waals surface area contributed by atoms with Gasteiger partial charge in [-0.05, 0) is 55.9 Å². The Morgan fingerprint density at radius 3 is 3.00 bits per heavy atom. The van der Waals surface area contributed by atoms with E-state index in [9.17, 15) is 9.59 Å². The number of nitrogens with zero attached hydrogens (tertiary/aromatic N) is 2. The Morgan fingerprint density at radius 1 is 1.41 bits per heavy atom. The summed E-state index contributed by atoms with van der Waals surface area (Å²) in [7, 11) is 0. The molecule has 0 fully saturated rings. The number of fused-ring (bicyclic) bond motifs is 3. The number of aryl methyl sites for hydroxylation is 3. The summed E-state index contributed by atoms with van der Waals surface area (Å²) in [6.07, 6.45) is 5.01. The first-order chi connectivity index (χ1) is 13.0. The van der Waals surface area contributed by atoms with Crippen molar-refractivity contribution in [3.05, 3.63) is 55.9 Å². The van der Waals surface area contributed by atoms with Crippen molar-refractivity contribution in [1.82, 2.24) is 9.55 Å². The topological polar surface area (TPSA) is 64.0 Å². The maximum atomic E-state index is 13.2. The van der Waals surface area contributed by atoms with Crippen LogP contribution in [0.25, 0.3) is 10.2 Å². The van der Waals surface area contributed by atoms with Crippen molar-refractivity contribution in [2.24, 2.45) is 0 Å². The lowest BCUT2D eigenvalue weighted by Gasteiger charge is -2.18. The summed E-state index contributed by atoms with van der Waals surface area (Å²) >= 11 is 7.65. The zero-order valence-corrected chi connectivity index (χ0v) is 16.8. The van der Waals surface area contributed by atoms with Gasteiger partial charge >= 0.3 is 0 Å². The summed E-state index contributed by atoms with van der Waals surface area (Å²) in [4.78, 5) is 32.6. The minimum absolute atomic E-state index is 0.121. The van der Waals surface area contributed by atoms with E-state index in [4.69, 9.17) is 11.6 Å². The molecule has 0 spiro atoms. The highest BCUT2D eigenvalue weighted by Gasteiger charge is 2.25. The number of hydrogen-bond acceptors (Lipinski definition) is 4. The summed E-state index contributed by atoms with van der Waals surface area (Å²) in [5, 5.41) is 4.16. The van der Waals surface area contributed by atoms with Crippen molar-refractivity contribution in [1.29, 1.82) is 0 Å². The predicted molar refractivity (Wildman–Crippen MR) is 110 cm³/mol. The van der Waals surface area contributed by atoms with Crippen molar-refractivity contribution in [2.45, 2.75) is 45.6 Å². The van der Waals surface area contributed by atoms with Gasteiger partial charge in [0.15, 0.2) is 0 Å². The molecule has 0 aliphatic heterocycles. The van der Waals surface area contributed by atoms with Crippen molar-refractivity contribution in [2.75, 3.05) is 5.32 Å². The number of thiophene rings is 1. The molecule has 2 aromatic heterocycles. The highest BCUT2D eigenvalue weighted by molar-refractivity contribution is 7.18. The molecule has 0 saturated carbocycles. The van der Waals surface area contributed by atoms with Crippen LogP contribution in [0.4, 0.5) is 5.69 Å². The number of aromatic nitrogens is 2. The molecule has 0 radical (unpaired) electrons. The molecule has 1 unspecified atom stereocenters. The molecule has 1 aliphatic carbocycles. The minimum atomic E-state index is -0.621. The lowest BCUT2D eigenvalue weighted by molar-refractivity contribution is -0.119. The Bertz CT molecular complexity index is 1100. The first kappa shape index (κ1) is 18.2. The van der Waals surface area contributed by atoms with E-state index in [2.05, 4.69) is 10.3 Å². The lowest BCUT2D eigenvalue weighted by atomic mass is 10.1. The third-order valence-corrected chi connectivity index (χ3v) is 6.57. The summed E-state index contributed by atoms with van der Waals surface area (Å²) in [5.74, 6) is -0.238. The van der Waals surface area contributed by atoms with E-state index < -0.39 is 6.04 Å². The van der Waals surface area contributed by atoms with Gasteiger partial charge in [0.25, 0.3) is 5.56 Å². The van der Waals surface area contributed by atoms with Crippen molar-refractivity contribution in [3.63, 3.8) is 0 Å². The molecule has 1 aromatic carbocycles. The van der Waals surface area contributed by atoms with Crippen LogP contribution in [-0.4, -0.2) is 15.5 Å². The maximum Gasteiger partial charge on any atom is 0.263 e. The van der Waals surface area contributed by atoms with Gasteiger partial charge in [0, 0.05) is 15.6 Å². The molecule has 1 N–H and O–H groups in total. The van der Waals surface area contributed by atoms with E-state index in [1.807, 2.05) is 19.9 Å². The Kier molecular flexibility index (Phi) is 4.78. The summed E-state index contributed by atoms with van der Waals surface area (Å²) < 4.78 is 1.48. The molecule has 7 heteroatoms. The van der Waals surface area contributed by atoms with E-state index in [1.165, 1.54) is 15.8 Å². The fourth-order valence-corrected chi connectivity index (χ4v) is 5.06. The highest BCUT2D eigenvalue weighted by atomic mass is 35.5. The SMILES string of the molecule is CCC(C(=O)Nc1cc(Cl)ccc1C)n1cnc2sc3c(c2c1=O)CCC3. The van der Waals surface area contributed by atoms with Gasteiger partial charge < -0.3 is 5.32 Å². The summed E-state index contributed by atoms with van der Waals surface area (Å²) in [6, 6.07) is 4.73. The third-order valence-electron chi connectivity index (χ3n) is 5.13. The van der Waals surface area contributed by atoms with Crippen LogP contribution >= 0.6 is 22.9 Å². The van der Waals surface area contributed by atoms with Gasteiger partial charge in [0.1, 0.15) is 10.9 Å². The standard InChI is InChI=1S/C20H20ClN3O2S/c1-3-15(18(25)23-14-9-12(21)8-7-11(14)2)24-10-22-19-17(20(24)26)13-5-4-6-16(13)27-19/h7-10,15H,3-6H2,1-2H3,(H,23,25). The largest absolute Gasteiger partial charge is 0.324 e. The Balaban J connectivity index is 1.72. The van der Waals surface area contributed by atoms with Crippen LogP contribution in [0.15, 0.2) is 29.3 Å².